The van der Waals surface area contributed by atoms with Gasteiger partial charge in [-0.3, -0.25) is 9.69 Å². The molecule has 4 aliphatic heterocycles. The van der Waals surface area contributed by atoms with E-state index in [0.717, 1.165) is 43.4 Å². The first-order valence-electron chi connectivity index (χ1n) is 19.7. The number of carbonyl (C=O) groups excluding carboxylic acids is 1. The molecule has 0 radical (unpaired) electrons. The van der Waals surface area contributed by atoms with E-state index >= 15 is 4.39 Å². The van der Waals surface area contributed by atoms with Gasteiger partial charge in [-0.15, -0.1) is 0 Å². The summed E-state index contributed by atoms with van der Waals surface area (Å²) in [5, 5.41) is -0.700. The van der Waals surface area contributed by atoms with E-state index in [2.05, 4.69) is 20.6 Å². The molecule has 55 heavy (non-hydrogen) atoms. The largest absolute Gasteiger partial charge is 0.490 e. The Labute approximate surface area is 329 Å². The summed E-state index contributed by atoms with van der Waals surface area (Å²) in [6.07, 6.45) is 8.20. The summed E-state index contributed by atoms with van der Waals surface area (Å²) in [7, 11) is -7.23. The quantitative estimate of drug-likeness (QED) is 0.416. The first kappa shape index (κ1) is 39.1. The predicted molar refractivity (Wildman–Crippen MR) is 210 cm³/mol. The zero-order valence-electron chi connectivity index (χ0n) is 31.8. The van der Waals surface area contributed by atoms with Crippen LogP contribution in [0.2, 0.25) is 5.02 Å². The van der Waals surface area contributed by atoms with Crippen molar-refractivity contribution < 1.29 is 35.5 Å². The first-order chi connectivity index (χ1) is 26.1. The molecule has 7 atom stereocenters. The third kappa shape index (κ3) is 7.44. The molecule has 4 bridgehead atoms. The van der Waals surface area contributed by atoms with Crippen molar-refractivity contribution in [3.63, 3.8) is 0 Å². The van der Waals surface area contributed by atoms with Crippen LogP contribution in [0.4, 0.5) is 10.1 Å². The third-order valence-electron chi connectivity index (χ3n) is 13.6. The second kappa shape index (κ2) is 14.9. The fourth-order valence-corrected chi connectivity index (χ4v) is 12.2. The molecule has 0 unspecified atom stereocenters. The van der Waals surface area contributed by atoms with Crippen LogP contribution >= 0.6 is 11.6 Å². The van der Waals surface area contributed by atoms with Gasteiger partial charge in [-0.05, 0) is 110 Å². The summed E-state index contributed by atoms with van der Waals surface area (Å²) in [6, 6.07) is 8.69. The highest BCUT2D eigenvalue weighted by atomic mass is 35.5. The van der Waals surface area contributed by atoms with Gasteiger partial charge in [-0.1, -0.05) is 30.7 Å². The Hall–Kier alpha value is -2.75. The zero-order chi connectivity index (χ0) is 38.9. The lowest BCUT2D eigenvalue weighted by Crippen LogP contribution is -2.51. The normalized spacial score (nSPS) is 32.5. The maximum Gasteiger partial charge on any atom is 0.264 e. The lowest BCUT2D eigenvalue weighted by Gasteiger charge is -2.48. The lowest BCUT2D eigenvalue weighted by molar-refractivity contribution is -0.0341. The number of amides is 1. The number of hydrogen-bond acceptors (Lipinski definition) is 9. The van der Waals surface area contributed by atoms with Gasteiger partial charge in [0, 0.05) is 56.8 Å². The Bertz CT molecular complexity index is 2090. The number of piperazine rings is 1. The third-order valence-corrected chi connectivity index (χ3v) is 17.1. The van der Waals surface area contributed by atoms with Crippen LogP contribution in [0.1, 0.15) is 67.4 Å². The van der Waals surface area contributed by atoms with Gasteiger partial charge in [0.15, 0.2) is 0 Å². The molecule has 1 amide bonds. The number of allylic oxidation sites excluding steroid dienone is 1. The Morgan fingerprint density at radius 2 is 1.87 bits per heavy atom. The van der Waals surface area contributed by atoms with E-state index in [9.17, 15) is 21.6 Å². The van der Waals surface area contributed by atoms with Crippen LogP contribution in [0.25, 0.3) is 0 Å². The van der Waals surface area contributed by atoms with Crippen molar-refractivity contribution in [1.82, 2.24) is 13.9 Å². The molecule has 2 aromatic carbocycles. The average molecular weight is 819 g/mol. The fraction of sp³-hybridized carbons (Fsp3) is 0.625. The summed E-state index contributed by atoms with van der Waals surface area (Å²) in [4.78, 5) is 18.2. The highest BCUT2D eigenvalue weighted by molar-refractivity contribution is 7.90. The van der Waals surface area contributed by atoms with Crippen LogP contribution in [-0.2, 0) is 36.6 Å². The highest BCUT2D eigenvalue weighted by Crippen LogP contribution is 2.50. The van der Waals surface area contributed by atoms with Crippen molar-refractivity contribution in [3.05, 3.63) is 69.5 Å². The first-order valence-corrected chi connectivity index (χ1v) is 23.5. The molecule has 11 nitrogen and oxygen atoms in total. The number of carbonyl (C=O) groups is 1. The number of fused-ring (bicyclic) bond motifs is 6. The van der Waals surface area contributed by atoms with E-state index in [1.54, 1.807) is 31.2 Å². The van der Waals surface area contributed by atoms with Gasteiger partial charge in [0.05, 0.1) is 41.5 Å². The van der Waals surface area contributed by atoms with Crippen molar-refractivity contribution in [1.29, 1.82) is 0 Å². The molecule has 3 aliphatic carbocycles. The molecule has 4 heterocycles. The highest BCUT2D eigenvalue weighted by Gasteiger charge is 2.47. The Morgan fingerprint density at radius 3 is 2.58 bits per heavy atom. The van der Waals surface area contributed by atoms with E-state index in [-0.39, 0.29) is 46.2 Å². The minimum atomic E-state index is -4.01. The number of nitrogens with zero attached hydrogens (tertiary/aromatic N) is 3. The van der Waals surface area contributed by atoms with Gasteiger partial charge in [0.2, 0.25) is 20.0 Å². The van der Waals surface area contributed by atoms with E-state index in [1.165, 1.54) is 16.1 Å². The van der Waals surface area contributed by atoms with Crippen molar-refractivity contribution in [2.45, 2.75) is 69.1 Å². The smallest absolute Gasteiger partial charge is 0.264 e. The molecular weight excluding hydrogens is 767 g/mol. The number of ether oxygens (including phenoxy) is 2. The molecule has 0 aromatic heterocycles. The number of rotatable bonds is 5. The maximum absolute atomic E-state index is 15.5. The summed E-state index contributed by atoms with van der Waals surface area (Å²) in [5.74, 6) is -0.152. The number of nitrogens with one attached hydrogen (secondary N) is 1. The number of sulfonamides is 2. The van der Waals surface area contributed by atoms with E-state index in [1.807, 2.05) is 13.0 Å². The molecule has 1 saturated carbocycles. The van der Waals surface area contributed by atoms with Crippen LogP contribution in [0.15, 0.2) is 42.0 Å². The number of halogens is 2. The van der Waals surface area contributed by atoms with Gasteiger partial charge in [0.1, 0.15) is 11.6 Å². The second-order valence-electron chi connectivity index (χ2n) is 16.8. The number of anilines is 1. The molecule has 2 fully saturated rings. The van der Waals surface area contributed by atoms with E-state index < -0.39 is 36.6 Å². The molecule has 300 valence electrons. The molecule has 15 heteroatoms. The molecule has 9 rings (SSSR count). The topological polar surface area (TPSA) is 126 Å². The van der Waals surface area contributed by atoms with E-state index in [0.29, 0.717) is 76.8 Å². The molecule has 7 aliphatic rings. The van der Waals surface area contributed by atoms with Gasteiger partial charge in [-0.2, -0.15) is 4.31 Å². The fourth-order valence-electron chi connectivity index (χ4n) is 9.87. The van der Waals surface area contributed by atoms with Crippen LogP contribution in [0.5, 0.6) is 5.75 Å². The Kier molecular flexibility index (Phi) is 10.6. The zero-order valence-corrected chi connectivity index (χ0v) is 34.2. The van der Waals surface area contributed by atoms with Gasteiger partial charge >= 0.3 is 0 Å². The van der Waals surface area contributed by atoms with Crippen LogP contribution in [0, 0.1) is 29.5 Å². The van der Waals surface area contributed by atoms with Crippen molar-refractivity contribution in [2.24, 2.45) is 23.7 Å². The summed E-state index contributed by atoms with van der Waals surface area (Å²) in [5.41, 5.74) is 3.15. The predicted octanol–water partition coefficient (Wildman–Crippen LogP) is 4.98. The molecule has 1 spiro atoms. The Balaban J connectivity index is 1.12. The standard InChI is InChI=1S/C40H52ClFN4O7S2/c1-25-26(2)55(50,51)43-39(47)27-7-11-36-35(21-27)45(23-40(24-53-36)12-4-5-32-33(40)9-10-34(41)37(32)42)22-28-6-8-31(28)38(30-19-29(25)20-30)52-18-17-44-13-15-46(16-14-44)54(3,48)49/h7,9-11,19,21,25-26,28-29,31,38H,4-6,8,12-18,20,22-24H2,1-3H3,(H,43,47)/t25-,26-,28+,29+,31-,38+,40+/m1/s1. The maximum atomic E-state index is 15.5. The molecular formula is C40H52ClFN4O7S2. The monoisotopic (exact) mass is 818 g/mol. The minimum absolute atomic E-state index is 0.0343. The van der Waals surface area contributed by atoms with Gasteiger partial charge in [-0.25, -0.2) is 25.9 Å². The summed E-state index contributed by atoms with van der Waals surface area (Å²) >= 11 is 6.28. The van der Waals surface area contributed by atoms with Gasteiger partial charge in [0.25, 0.3) is 5.91 Å². The van der Waals surface area contributed by atoms with Crippen LogP contribution in [-0.4, -0.2) is 109 Å². The SMILES string of the molecule is C[C@@H]1[C@@H](C)S(=O)(=O)NC(=O)c2ccc3c(c2)N(C[C@@H]2CC[C@H]2[C@@H](OCCN2CCN(S(C)(=O)=O)CC2)C2=C[C@H]1C2)C[C@@]1(CCCc2c1ccc(Cl)c2F)CO3. The summed E-state index contributed by atoms with van der Waals surface area (Å²) in [6.45, 7) is 8.54. The van der Waals surface area contributed by atoms with Crippen molar-refractivity contribution in [2.75, 3.05) is 70.2 Å². The minimum Gasteiger partial charge on any atom is -0.490 e. The lowest BCUT2D eigenvalue weighted by atomic mass is 9.64. The van der Waals surface area contributed by atoms with E-state index in [4.69, 9.17) is 21.1 Å². The van der Waals surface area contributed by atoms with Crippen molar-refractivity contribution in [3.8, 4) is 5.75 Å². The van der Waals surface area contributed by atoms with Crippen LogP contribution < -0.4 is 14.4 Å². The number of hydrogen-bond donors (Lipinski definition) is 1. The Morgan fingerprint density at radius 1 is 1.11 bits per heavy atom. The second-order valence-corrected chi connectivity index (χ2v) is 21.2. The van der Waals surface area contributed by atoms with Gasteiger partial charge < -0.3 is 14.4 Å². The number of benzene rings is 2. The van der Waals surface area contributed by atoms with Crippen molar-refractivity contribution >= 4 is 43.2 Å². The molecule has 1 N–H and O–H groups in total. The molecule has 2 aromatic rings. The average Bonchev–Trinajstić information content (AvgIpc) is 3.26. The van der Waals surface area contributed by atoms with Crippen LogP contribution in [0.3, 0.4) is 0 Å². The summed E-state index contributed by atoms with van der Waals surface area (Å²) < 4.78 is 84.2. The molecule has 1 saturated heterocycles.